The van der Waals surface area contributed by atoms with Crippen LogP contribution in [-0.4, -0.2) is 47.5 Å². The molecule has 0 bridgehead atoms. The number of likely N-dealkylation sites (tertiary alicyclic amines) is 1. The zero-order valence-corrected chi connectivity index (χ0v) is 14.8. The number of carbonyl (C=O) groups excluding carboxylic acids is 2. The number of para-hydroxylation sites is 2. The topological polar surface area (TPSA) is 80.8 Å². The molecule has 7 heteroatoms. The third-order valence-electron chi connectivity index (χ3n) is 4.88. The van der Waals surface area contributed by atoms with Gasteiger partial charge in [-0.25, -0.2) is 4.98 Å². The van der Waals surface area contributed by atoms with Crippen molar-refractivity contribution in [3.8, 4) is 11.5 Å². The van der Waals surface area contributed by atoms with Crippen molar-refractivity contribution in [3.05, 3.63) is 48.7 Å². The van der Waals surface area contributed by atoms with E-state index in [1.54, 1.807) is 29.3 Å². The molecule has 3 heterocycles. The van der Waals surface area contributed by atoms with E-state index in [4.69, 9.17) is 9.47 Å². The summed E-state index contributed by atoms with van der Waals surface area (Å²) in [6, 6.07) is 12.7. The molecule has 2 aromatic rings. The van der Waals surface area contributed by atoms with Crippen LogP contribution >= 0.6 is 0 Å². The number of anilines is 1. The van der Waals surface area contributed by atoms with E-state index in [-0.39, 0.29) is 24.3 Å². The molecule has 1 fully saturated rings. The molecule has 1 N–H and O–H groups in total. The second-order valence-corrected chi connectivity index (χ2v) is 6.67. The van der Waals surface area contributed by atoms with Gasteiger partial charge in [-0.1, -0.05) is 18.2 Å². The number of nitrogens with zero attached hydrogens (tertiary/aromatic N) is 2. The number of ether oxygens (including phenoxy) is 2. The lowest BCUT2D eigenvalue weighted by Gasteiger charge is -2.35. The van der Waals surface area contributed by atoms with Crippen molar-refractivity contribution in [1.29, 1.82) is 0 Å². The molecule has 2 aliphatic rings. The first-order valence-corrected chi connectivity index (χ1v) is 9.10. The second kappa shape index (κ2) is 7.65. The molecule has 4 rings (SSSR count). The van der Waals surface area contributed by atoms with E-state index in [0.717, 1.165) is 0 Å². The molecule has 7 nitrogen and oxygen atoms in total. The lowest BCUT2D eigenvalue weighted by atomic mass is 9.95. The summed E-state index contributed by atoms with van der Waals surface area (Å²) < 4.78 is 11.4. The van der Waals surface area contributed by atoms with Crippen molar-refractivity contribution in [2.75, 3.05) is 25.0 Å². The van der Waals surface area contributed by atoms with E-state index < -0.39 is 6.10 Å². The van der Waals surface area contributed by atoms with Gasteiger partial charge in [0.2, 0.25) is 12.0 Å². The minimum Gasteiger partial charge on any atom is -0.485 e. The van der Waals surface area contributed by atoms with Crippen LogP contribution in [0.1, 0.15) is 12.8 Å². The van der Waals surface area contributed by atoms with Gasteiger partial charge in [0, 0.05) is 25.2 Å². The summed E-state index contributed by atoms with van der Waals surface area (Å²) in [4.78, 5) is 31.0. The smallest absolute Gasteiger partial charge is 0.267 e. The number of carbonyl (C=O) groups is 2. The van der Waals surface area contributed by atoms with Crippen LogP contribution in [0.15, 0.2) is 48.7 Å². The number of fused-ring (bicyclic) bond motifs is 1. The van der Waals surface area contributed by atoms with Crippen LogP contribution in [0.5, 0.6) is 11.5 Å². The maximum atomic E-state index is 12.7. The Morgan fingerprint density at radius 1 is 1.04 bits per heavy atom. The van der Waals surface area contributed by atoms with Crippen LogP contribution in [0.3, 0.4) is 0 Å². The summed E-state index contributed by atoms with van der Waals surface area (Å²) in [5.74, 6) is 1.53. The average molecular weight is 367 g/mol. The fourth-order valence-electron chi connectivity index (χ4n) is 3.37. The Kier molecular flexibility index (Phi) is 4.91. The van der Waals surface area contributed by atoms with Gasteiger partial charge in [-0.05, 0) is 37.1 Å². The molecule has 0 spiro atoms. The Bertz CT molecular complexity index is 819. The number of piperidine rings is 1. The van der Waals surface area contributed by atoms with Crippen molar-refractivity contribution in [2.24, 2.45) is 5.92 Å². The van der Waals surface area contributed by atoms with E-state index in [1.807, 2.05) is 24.3 Å². The SMILES string of the molecule is O=C(Nc1ccccn1)C1CCN(C(=O)C2COc3ccccc3O2)CC1. The Morgan fingerprint density at radius 2 is 1.78 bits per heavy atom. The minimum absolute atomic E-state index is 0.0491. The van der Waals surface area contributed by atoms with Gasteiger partial charge in [-0.2, -0.15) is 0 Å². The molecule has 2 aliphatic heterocycles. The van der Waals surface area contributed by atoms with Crippen LogP contribution in [0, 0.1) is 5.92 Å². The van der Waals surface area contributed by atoms with E-state index in [1.165, 1.54) is 0 Å². The molecule has 2 amide bonds. The summed E-state index contributed by atoms with van der Waals surface area (Å²) in [6.07, 6.45) is 2.24. The van der Waals surface area contributed by atoms with Crippen LogP contribution in [0.2, 0.25) is 0 Å². The lowest BCUT2D eigenvalue weighted by Crippen LogP contribution is -2.50. The van der Waals surface area contributed by atoms with Gasteiger partial charge in [-0.3, -0.25) is 9.59 Å². The van der Waals surface area contributed by atoms with E-state index in [9.17, 15) is 9.59 Å². The number of nitrogens with one attached hydrogen (secondary N) is 1. The van der Waals surface area contributed by atoms with Gasteiger partial charge in [0.25, 0.3) is 5.91 Å². The van der Waals surface area contributed by atoms with Crippen molar-refractivity contribution < 1.29 is 19.1 Å². The molecule has 0 aliphatic carbocycles. The van der Waals surface area contributed by atoms with Gasteiger partial charge in [0.15, 0.2) is 11.5 Å². The molecule has 140 valence electrons. The molecular formula is C20H21N3O4. The van der Waals surface area contributed by atoms with Gasteiger partial charge < -0.3 is 19.7 Å². The minimum atomic E-state index is -0.640. The number of amides is 2. The molecule has 0 saturated carbocycles. The number of pyridine rings is 1. The lowest BCUT2D eigenvalue weighted by molar-refractivity contribution is -0.143. The van der Waals surface area contributed by atoms with Crippen LogP contribution in [0.25, 0.3) is 0 Å². The standard InChI is InChI=1S/C20H21N3O4/c24-19(22-18-7-3-4-10-21-18)14-8-11-23(12-9-14)20(25)17-13-26-15-5-1-2-6-16(15)27-17/h1-7,10,14,17H,8-9,11-13H2,(H,21,22,24). The van der Waals surface area contributed by atoms with Crippen LogP contribution in [0.4, 0.5) is 5.82 Å². The van der Waals surface area contributed by atoms with E-state index in [2.05, 4.69) is 10.3 Å². The quantitative estimate of drug-likeness (QED) is 0.899. The second-order valence-electron chi connectivity index (χ2n) is 6.67. The van der Waals surface area contributed by atoms with Crippen molar-refractivity contribution in [3.63, 3.8) is 0 Å². The summed E-state index contributed by atoms with van der Waals surface area (Å²) in [7, 11) is 0. The number of hydrogen-bond acceptors (Lipinski definition) is 5. The highest BCUT2D eigenvalue weighted by atomic mass is 16.6. The first-order chi connectivity index (χ1) is 13.2. The number of benzene rings is 1. The summed E-state index contributed by atoms with van der Waals surface area (Å²) >= 11 is 0. The fourth-order valence-corrected chi connectivity index (χ4v) is 3.37. The monoisotopic (exact) mass is 367 g/mol. The Morgan fingerprint density at radius 3 is 2.52 bits per heavy atom. The van der Waals surface area contributed by atoms with Gasteiger partial charge in [-0.15, -0.1) is 0 Å². The molecular weight excluding hydrogens is 346 g/mol. The molecule has 1 saturated heterocycles. The van der Waals surface area contributed by atoms with E-state index >= 15 is 0 Å². The Hall–Kier alpha value is -3.09. The average Bonchev–Trinajstić information content (AvgIpc) is 2.73. The molecule has 27 heavy (non-hydrogen) atoms. The van der Waals surface area contributed by atoms with Gasteiger partial charge in [0.05, 0.1) is 0 Å². The third kappa shape index (κ3) is 3.86. The normalized spacial score (nSPS) is 19.4. The zero-order chi connectivity index (χ0) is 18.6. The first kappa shape index (κ1) is 17.3. The van der Waals surface area contributed by atoms with Gasteiger partial charge >= 0.3 is 0 Å². The highest BCUT2D eigenvalue weighted by Crippen LogP contribution is 2.31. The maximum absolute atomic E-state index is 12.7. The fraction of sp³-hybridized carbons (Fsp3) is 0.350. The number of rotatable bonds is 3. The summed E-state index contributed by atoms with van der Waals surface area (Å²) in [5.41, 5.74) is 0. The van der Waals surface area contributed by atoms with Crippen molar-refractivity contribution >= 4 is 17.6 Å². The predicted octanol–water partition coefficient (Wildman–Crippen LogP) is 2.10. The highest BCUT2D eigenvalue weighted by Gasteiger charge is 2.34. The van der Waals surface area contributed by atoms with Crippen LogP contribution < -0.4 is 14.8 Å². The Balaban J connectivity index is 1.30. The third-order valence-corrected chi connectivity index (χ3v) is 4.88. The maximum Gasteiger partial charge on any atom is 0.267 e. The molecule has 1 unspecified atom stereocenters. The van der Waals surface area contributed by atoms with Crippen molar-refractivity contribution in [2.45, 2.75) is 18.9 Å². The zero-order valence-electron chi connectivity index (χ0n) is 14.8. The van der Waals surface area contributed by atoms with Crippen molar-refractivity contribution in [1.82, 2.24) is 9.88 Å². The molecule has 1 aromatic heterocycles. The highest BCUT2D eigenvalue weighted by molar-refractivity contribution is 5.92. The van der Waals surface area contributed by atoms with E-state index in [0.29, 0.717) is 43.2 Å². The molecule has 1 atom stereocenters. The van der Waals surface area contributed by atoms with Gasteiger partial charge in [0.1, 0.15) is 12.4 Å². The Labute approximate surface area is 157 Å². The predicted molar refractivity (Wildman–Crippen MR) is 98.5 cm³/mol. The molecule has 1 aromatic carbocycles. The number of aromatic nitrogens is 1. The first-order valence-electron chi connectivity index (χ1n) is 9.10. The summed E-state index contributed by atoms with van der Waals surface area (Å²) in [5, 5.41) is 2.83. The van der Waals surface area contributed by atoms with Crippen LogP contribution in [-0.2, 0) is 9.59 Å². The number of hydrogen-bond donors (Lipinski definition) is 1. The largest absolute Gasteiger partial charge is 0.485 e. The summed E-state index contributed by atoms with van der Waals surface area (Å²) in [6.45, 7) is 1.26. The molecule has 0 radical (unpaired) electrons.